The number of amides is 1. The molecule has 2 heterocycles. The summed E-state index contributed by atoms with van der Waals surface area (Å²) in [6, 6.07) is 17.7. The van der Waals surface area contributed by atoms with Crippen LogP contribution in [0.25, 0.3) is 10.9 Å². The van der Waals surface area contributed by atoms with E-state index in [9.17, 15) is 14.4 Å². The quantitative estimate of drug-likeness (QED) is 0.267. The molecule has 186 valence electrons. The third kappa shape index (κ3) is 4.48. The minimum absolute atomic E-state index is 0.0581. The normalized spacial score (nSPS) is 19.3. The standard InChI is InChI=1S/C29H30N2O4S/c1-3-35-29(34)25-21-14-8-10-16-23(21)36-28(25)30-27(33)26(32)24-18(2)31(17-19-11-5-4-6-12-19)22-15-9-7-13-20(22)24/h4-7,9,11-13,15,21,23H,3,8,10,14,16-17H2,1-2H3,(H,30,33)/t21-,23+/m0/s1. The Hall–Kier alpha value is -3.32. The number of hydrogen-bond donors (Lipinski definition) is 1. The molecular formula is C29H30N2O4S. The number of fused-ring (bicyclic) bond motifs is 2. The summed E-state index contributed by atoms with van der Waals surface area (Å²) in [6.07, 6.45) is 4.03. The maximum absolute atomic E-state index is 13.6. The fourth-order valence-electron chi connectivity index (χ4n) is 5.46. The van der Waals surface area contributed by atoms with Gasteiger partial charge in [-0.25, -0.2) is 4.79 Å². The van der Waals surface area contributed by atoms with Gasteiger partial charge in [-0.3, -0.25) is 9.59 Å². The highest BCUT2D eigenvalue weighted by molar-refractivity contribution is 8.04. The Bertz CT molecular complexity index is 1360. The van der Waals surface area contributed by atoms with Gasteiger partial charge in [-0.2, -0.15) is 0 Å². The van der Waals surface area contributed by atoms with Gasteiger partial charge in [-0.05, 0) is 38.3 Å². The molecule has 2 atom stereocenters. The largest absolute Gasteiger partial charge is 0.463 e. The summed E-state index contributed by atoms with van der Waals surface area (Å²) >= 11 is 1.50. The molecule has 0 radical (unpaired) electrons. The van der Waals surface area contributed by atoms with Gasteiger partial charge in [0, 0.05) is 34.3 Å². The lowest BCUT2D eigenvalue weighted by Crippen LogP contribution is -2.31. The molecule has 1 aliphatic heterocycles. The highest BCUT2D eigenvalue weighted by atomic mass is 32.2. The topological polar surface area (TPSA) is 77.4 Å². The molecule has 0 saturated heterocycles. The molecule has 6 nitrogen and oxygen atoms in total. The van der Waals surface area contributed by atoms with Gasteiger partial charge in [0.15, 0.2) is 0 Å². The van der Waals surface area contributed by atoms with Crippen molar-refractivity contribution in [3.05, 3.63) is 82.0 Å². The smallest absolute Gasteiger partial charge is 0.336 e. The maximum Gasteiger partial charge on any atom is 0.336 e. The van der Waals surface area contributed by atoms with Gasteiger partial charge in [0.05, 0.1) is 22.8 Å². The highest BCUT2D eigenvalue weighted by Gasteiger charge is 2.42. The molecule has 2 aromatic carbocycles. The Morgan fingerprint density at radius 1 is 1.03 bits per heavy atom. The average molecular weight is 503 g/mol. The first-order chi connectivity index (χ1) is 17.5. The van der Waals surface area contributed by atoms with E-state index in [2.05, 4.69) is 9.88 Å². The van der Waals surface area contributed by atoms with E-state index in [4.69, 9.17) is 4.74 Å². The number of ketones is 1. The lowest BCUT2D eigenvalue weighted by molar-refractivity contribution is -0.139. The Morgan fingerprint density at radius 3 is 2.53 bits per heavy atom. The van der Waals surface area contributed by atoms with Crippen molar-refractivity contribution < 1.29 is 19.1 Å². The van der Waals surface area contributed by atoms with E-state index in [-0.39, 0.29) is 17.8 Å². The average Bonchev–Trinajstić information content (AvgIpc) is 3.39. The second-order valence-electron chi connectivity index (χ2n) is 9.34. The Kier molecular flexibility index (Phi) is 7.01. The number of nitrogens with one attached hydrogen (secondary N) is 1. The molecular weight excluding hydrogens is 472 g/mol. The van der Waals surface area contributed by atoms with Crippen LogP contribution in [-0.2, 0) is 20.9 Å². The summed E-state index contributed by atoms with van der Waals surface area (Å²) in [4.78, 5) is 39.7. The van der Waals surface area contributed by atoms with E-state index >= 15 is 0 Å². The molecule has 2 aliphatic rings. The predicted molar refractivity (Wildman–Crippen MR) is 142 cm³/mol. The van der Waals surface area contributed by atoms with Crippen LogP contribution in [0.15, 0.2) is 65.2 Å². The molecule has 1 amide bonds. The van der Waals surface area contributed by atoms with E-state index in [0.717, 1.165) is 47.8 Å². The van der Waals surface area contributed by atoms with E-state index in [1.54, 1.807) is 6.92 Å². The van der Waals surface area contributed by atoms with Crippen LogP contribution in [-0.4, -0.2) is 34.1 Å². The SMILES string of the molecule is CCOC(=O)C1=C(NC(=O)C(=O)c2c(C)n(Cc3ccccc3)c3ccccc23)S[C@@H]2CCCC[C@H]12. The minimum Gasteiger partial charge on any atom is -0.463 e. The van der Waals surface area contributed by atoms with Gasteiger partial charge in [-0.15, -0.1) is 11.8 Å². The predicted octanol–water partition coefficient (Wildman–Crippen LogP) is 5.38. The highest BCUT2D eigenvalue weighted by Crippen LogP contribution is 2.48. The van der Waals surface area contributed by atoms with Crippen LogP contribution >= 0.6 is 11.8 Å². The first-order valence-corrected chi connectivity index (χ1v) is 13.4. The zero-order valence-electron chi connectivity index (χ0n) is 20.6. The van der Waals surface area contributed by atoms with E-state index in [0.29, 0.717) is 22.7 Å². The Balaban J connectivity index is 1.47. The zero-order chi connectivity index (χ0) is 25.2. The number of esters is 1. The number of aromatic nitrogens is 1. The van der Waals surface area contributed by atoms with E-state index in [1.807, 2.05) is 61.5 Å². The molecule has 7 heteroatoms. The van der Waals surface area contributed by atoms with Crippen molar-refractivity contribution in [3.63, 3.8) is 0 Å². The number of thioether (sulfide) groups is 1. The van der Waals surface area contributed by atoms with Crippen molar-refractivity contribution in [1.29, 1.82) is 0 Å². The summed E-state index contributed by atoms with van der Waals surface area (Å²) in [7, 11) is 0. The van der Waals surface area contributed by atoms with Gasteiger partial charge in [0.25, 0.3) is 11.7 Å². The monoisotopic (exact) mass is 502 g/mol. The third-order valence-electron chi connectivity index (χ3n) is 7.16. The summed E-state index contributed by atoms with van der Waals surface area (Å²) in [5, 5.41) is 4.28. The first kappa shape index (κ1) is 24.4. The van der Waals surface area contributed by atoms with Crippen molar-refractivity contribution in [2.45, 2.75) is 51.3 Å². The van der Waals surface area contributed by atoms with Gasteiger partial charge in [0.1, 0.15) is 0 Å². The van der Waals surface area contributed by atoms with Gasteiger partial charge < -0.3 is 14.6 Å². The third-order valence-corrected chi connectivity index (χ3v) is 8.58. The molecule has 1 aromatic heterocycles. The lowest BCUT2D eigenvalue weighted by Gasteiger charge is -2.25. The number of rotatable bonds is 7. The van der Waals surface area contributed by atoms with Gasteiger partial charge in [-0.1, -0.05) is 61.4 Å². The van der Waals surface area contributed by atoms with Crippen LogP contribution in [0.1, 0.15) is 54.2 Å². The second-order valence-corrected chi connectivity index (χ2v) is 10.6. The Morgan fingerprint density at radius 2 is 1.75 bits per heavy atom. The van der Waals surface area contributed by atoms with Crippen LogP contribution in [0.2, 0.25) is 0 Å². The van der Waals surface area contributed by atoms with Crippen LogP contribution in [0.4, 0.5) is 0 Å². The molecule has 5 rings (SSSR count). The second kappa shape index (κ2) is 10.3. The zero-order valence-corrected chi connectivity index (χ0v) is 21.4. The van der Waals surface area contributed by atoms with Crippen LogP contribution < -0.4 is 5.32 Å². The van der Waals surface area contributed by atoms with E-state index < -0.39 is 17.7 Å². The number of ether oxygens (including phenoxy) is 1. The van der Waals surface area contributed by atoms with Crippen LogP contribution in [0.5, 0.6) is 0 Å². The van der Waals surface area contributed by atoms with Crippen molar-refractivity contribution in [2.75, 3.05) is 6.61 Å². The minimum atomic E-state index is -0.719. The summed E-state index contributed by atoms with van der Waals surface area (Å²) in [5.74, 6) is -1.65. The number of carbonyl (C=O) groups excluding carboxylic acids is 3. The molecule has 1 saturated carbocycles. The maximum atomic E-state index is 13.6. The molecule has 1 N–H and O–H groups in total. The summed E-state index contributed by atoms with van der Waals surface area (Å²) in [5.41, 5.74) is 3.68. The lowest BCUT2D eigenvalue weighted by atomic mass is 9.84. The van der Waals surface area contributed by atoms with E-state index in [1.165, 1.54) is 11.8 Å². The van der Waals surface area contributed by atoms with Gasteiger partial charge >= 0.3 is 5.97 Å². The first-order valence-electron chi connectivity index (χ1n) is 12.5. The number of para-hydroxylation sites is 1. The molecule has 36 heavy (non-hydrogen) atoms. The number of Topliss-reactive ketones (excluding diaryl/α,β-unsaturated/α-hetero) is 1. The molecule has 1 aliphatic carbocycles. The number of hydrogen-bond acceptors (Lipinski definition) is 5. The number of nitrogens with zero attached hydrogens (tertiary/aromatic N) is 1. The van der Waals surface area contributed by atoms with Crippen molar-refractivity contribution in [2.24, 2.45) is 5.92 Å². The molecule has 0 unspecified atom stereocenters. The fourth-order valence-corrected chi connectivity index (χ4v) is 7.00. The van der Waals surface area contributed by atoms with Crippen LogP contribution in [0.3, 0.4) is 0 Å². The summed E-state index contributed by atoms with van der Waals surface area (Å²) in [6.45, 7) is 4.52. The van der Waals surface area contributed by atoms with Crippen molar-refractivity contribution in [3.8, 4) is 0 Å². The Labute approximate surface area is 215 Å². The van der Waals surface area contributed by atoms with Gasteiger partial charge in [0.2, 0.25) is 0 Å². The number of benzene rings is 2. The molecule has 0 bridgehead atoms. The fraction of sp³-hybridized carbons (Fsp3) is 0.345. The summed E-state index contributed by atoms with van der Waals surface area (Å²) < 4.78 is 7.40. The van der Waals surface area contributed by atoms with Crippen molar-refractivity contribution >= 4 is 40.3 Å². The molecule has 1 fully saturated rings. The van der Waals surface area contributed by atoms with Crippen molar-refractivity contribution in [1.82, 2.24) is 9.88 Å². The molecule has 3 aromatic rings. The van der Waals surface area contributed by atoms with Crippen LogP contribution in [0, 0.1) is 12.8 Å². The molecule has 0 spiro atoms. The number of carbonyl (C=O) groups is 3.